The first-order chi connectivity index (χ1) is 13.0. The van der Waals surface area contributed by atoms with Crippen molar-refractivity contribution in [1.82, 2.24) is 25.3 Å². The Hall–Kier alpha value is -2.64. The molecule has 27 heavy (non-hydrogen) atoms. The number of carbonyl (C=O) groups is 2. The third kappa shape index (κ3) is 3.89. The van der Waals surface area contributed by atoms with Crippen molar-refractivity contribution in [2.75, 3.05) is 5.32 Å². The molecule has 0 aromatic carbocycles. The SMILES string of the molecule is CC(C)n1nccc1C(=O)NC(C(=O)Nc1cn[nH]c1)C(C1CC1)C1CC1. The van der Waals surface area contributed by atoms with Gasteiger partial charge in [0.25, 0.3) is 5.91 Å². The van der Waals surface area contributed by atoms with Crippen molar-refractivity contribution < 1.29 is 9.59 Å². The lowest BCUT2D eigenvalue weighted by Gasteiger charge is -2.27. The van der Waals surface area contributed by atoms with E-state index in [1.54, 1.807) is 29.3 Å². The minimum atomic E-state index is -0.553. The number of aromatic nitrogens is 4. The molecule has 2 heterocycles. The van der Waals surface area contributed by atoms with Crippen LogP contribution in [0.3, 0.4) is 0 Å². The van der Waals surface area contributed by atoms with E-state index < -0.39 is 6.04 Å². The number of aromatic amines is 1. The Labute approximate surface area is 158 Å². The van der Waals surface area contributed by atoms with Gasteiger partial charge < -0.3 is 10.6 Å². The van der Waals surface area contributed by atoms with Crippen LogP contribution in [-0.4, -0.2) is 37.8 Å². The van der Waals surface area contributed by atoms with Gasteiger partial charge in [-0.1, -0.05) is 0 Å². The molecule has 3 N–H and O–H groups in total. The largest absolute Gasteiger partial charge is 0.339 e. The van der Waals surface area contributed by atoms with Gasteiger partial charge in [0.15, 0.2) is 0 Å². The molecule has 0 radical (unpaired) electrons. The molecule has 2 amide bonds. The zero-order chi connectivity index (χ0) is 19.0. The molecule has 0 spiro atoms. The molecule has 2 fully saturated rings. The summed E-state index contributed by atoms with van der Waals surface area (Å²) in [6.45, 7) is 3.95. The van der Waals surface area contributed by atoms with E-state index in [1.165, 1.54) is 0 Å². The van der Waals surface area contributed by atoms with Crippen LogP contribution >= 0.6 is 0 Å². The van der Waals surface area contributed by atoms with Crippen molar-refractivity contribution in [3.05, 3.63) is 30.4 Å². The fourth-order valence-corrected chi connectivity index (χ4v) is 3.89. The monoisotopic (exact) mass is 370 g/mol. The number of anilines is 1. The van der Waals surface area contributed by atoms with Gasteiger partial charge in [0.05, 0.1) is 11.9 Å². The number of hydrogen-bond acceptors (Lipinski definition) is 4. The molecule has 0 bridgehead atoms. The molecule has 2 aromatic heterocycles. The van der Waals surface area contributed by atoms with Gasteiger partial charge >= 0.3 is 0 Å². The number of carbonyl (C=O) groups excluding carboxylic acids is 2. The van der Waals surface area contributed by atoms with E-state index >= 15 is 0 Å². The minimum absolute atomic E-state index is 0.0709. The van der Waals surface area contributed by atoms with Crippen LogP contribution in [0.5, 0.6) is 0 Å². The number of H-pyrrole nitrogens is 1. The number of rotatable bonds is 8. The van der Waals surface area contributed by atoms with Crippen LogP contribution in [-0.2, 0) is 4.79 Å². The van der Waals surface area contributed by atoms with Crippen LogP contribution in [0, 0.1) is 17.8 Å². The molecule has 2 aliphatic rings. The Morgan fingerprint density at radius 1 is 1.22 bits per heavy atom. The van der Waals surface area contributed by atoms with Crippen LogP contribution in [0.25, 0.3) is 0 Å². The molecule has 4 rings (SSSR count). The van der Waals surface area contributed by atoms with E-state index in [0.717, 1.165) is 25.7 Å². The third-order valence-electron chi connectivity index (χ3n) is 5.44. The summed E-state index contributed by atoms with van der Waals surface area (Å²) >= 11 is 0. The zero-order valence-corrected chi connectivity index (χ0v) is 15.7. The predicted octanol–water partition coefficient (Wildman–Crippen LogP) is 2.36. The van der Waals surface area contributed by atoms with Gasteiger partial charge in [0.1, 0.15) is 11.7 Å². The van der Waals surface area contributed by atoms with Crippen LogP contribution in [0.1, 0.15) is 56.1 Å². The van der Waals surface area contributed by atoms with Gasteiger partial charge in [-0.15, -0.1) is 0 Å². The van der Waals surface area contributed by atoms with Crippen molar-refractivity contribution in [3.63, 3.8) is 0 Å². The highest BCUT2D eigenvalue weighted by Gasteiger charge is 2.48. The summed E-state index contributed by atoms with van der Waals surface area (Å²) in [6.07, 6.45) is 9.36. The van der Waals surface area contributed by atoms with Gasteiger partial charge in [0, 0.05) is 18.4 Å². The first-order valence-electron chi connectivity index (χ1n) is 9.68. The summed E-state index contributed by atoms with van der Waals surface area (Å²) in [5.74, 6) is 0.807. The first-order valence-corrected chi connectivity index (χ1v) is 9.68. The van der Waals surface area contributed by atoms with Crippen molar-refractivity contribution in [1.29, 1.82) is 0 Å². The van der Waals surface area contributed by atoms with Gasteiger partial charge in [-0.05, 0) is 63.4 Å². The molecule has 0 aliphatic heterocycles. The Balaban J connectivity index is 1.56. The average molecular weight is 370 g/mol. The molecule has 8 heteroatoms. The van der Waals surface area contributed by atoms with Crippen molar-refractivity contribution in [2.45, 2.75) is 51.6 Å². The van der Waals surface area contributed by atoms with Gasteiger partial charge in [0.2, 0.25) is 5.91 Å². The second kappa shape index (κ2) is 7.17. The molecule has 1 atom stereocenters. The maximum absolute atomic E-state index is 13.1. The smallest absolute Gasteiger partial charge is 0.270 e. The van der Waals surface area contributed by atoms with Crippen molar-refractivity contribution in [3.8, 4) is 0 Å². The molecule has 2 saturated carbocycles. The number of amides is 2. The van der Waals surface area contributed by atoms with Crippen molar-refractivity contribution >= 4 is 17.5 Å². The fraction of sp³-hybridized carbons (Fsp3) is 0.579. The highest BCUT2D eigenvalue weighted by Crippen LogP contribution is 2.50. The summed E-state index contributed by atoms with van der Waals surface area (Å²) < 4.78 is 1.68. The van der Waals surface area contributed by atoms with Gasteiger partial charge in [-0.2, -0.15) is 10.2 Å². The Bertz CT molecular complexity index is 792. The molecule has 0 saturated heterocycles. The summed E-state index contributed by atoms with van der Waals surface area (Å²) in [6, 6.07) is 1.22. The molecule has 8 nitrogen and oxygen atoms in total. The standard InChI is InChI=1S/C19H26N6O2/c1-11(2)25-15(7-8-22-25)18(26)24-17(16(12-3-4-12)13-5-6-13)19(27)23-14-9-20-21-10-14/h7-13,16-17H,3-6H2,1-2H3,(H,20,21)(H,23,27)(H,24,26). The summed E-state index contributed by atoms with van der Waals surface area (Å²) in [5, 5.41) is 16.7. The van der Waals surface area contributed by atoms with E-state index in [2.05, 4.69) is 25.9 Å². The number of nitrogens with zero attached hydrogens (tertiary/aromatic N) is 3. The molecule has 1 unspecified atom stereocenters. The predicted molar refractivity (Wildman–Crippen MR) is 100 cm³/mol. The Morgan fingerprint density at radius 2 is 1.93 bits per heavy atom. The summed E-state index contributed by atoms with van der Waals surface area (Å²) in [5.41, 5.74) is 1.09. The molecular formula is C19H26N6O2. The highest BCUT2D eigenvalue weighted by atomic mass is 16.2. The molecule has 2 aliphatic carbocycles. The minimum Gasteiger partial charge on any atom is -0.339 e. The van der Waals surface area contributed by atoms with E-state index in [0.29, 0.717) is 23.2 Å². The Kier molecular flexibility index (Phi) is 4.72. The van der Waals surface area contributed by atoms with E-state index in [9.17, 15) is 9.59 Å². The van der Waals surface area contributed by atoms with Crippen LogP contribution in [0.15, 0.2) is 24.7 Å². The number of nitrogens with one attached hydrogen (secondary N) is 3. The van der Waals surface area contributed by atoms with Gasteiger partial charge in [-0.25, -0.2) is 0 Å². The lowest BCUT2D eigenvalue weighted by Crippen LogP contribution is -2.50. The van der Waals surface area contributed by atoms with E-state index in [-0.39, 0.29) is 23.8 Å². The summed E-state index contributed by atoms with van der Waals surface area (Å²) in [7, 11) is 0. The second-order valence-corrected chi connectivity index (χ2v) is 7.93. The van der Waals surface area contributed by atoms with E-state index in [1.807, 2.05) is 13.8 Å². The highest BCUT2D eigenvalue weighted by molar-refractivity contribution is 6.00. The van der Waals surface area contributed by atoms with Crippen molar-refractivity contribution in [2.24, 2.45) is 17.8 Å². The van der Waals surface area contributed by atoms with Crippen LogP contribution in [0.4, 0.5) is 5.69 Å². The summed E-state index contributed by atoms with van der Waals surface area (Å²) in [4.78, 5) is 26.0. The normalized spacial score (nSPS) is 17.9. The quantitative estimate of drug-likeness (QED) is 0.663. The lowest BCUT2D eigenvalue weighted by atomic mass is 9.88. The third-order valence-corrected chi connectivity index (χ3v) is 5.44. The fourth-order valence-electron chi connectivity index (χ4n) is 3.89. The molecular weight excluding hydrogens is 344 g/mol. The van der Waals surface area contributed by atoms with Crippen LogP contribution in [0.2, 0.25) is 0 Å². The molecule has 2 aromatic rings. The van der Waals surface area contributed by atoms with E-state index in [4.69, 9.17) is 0 Å². The maximum atomic E-state index is 13.1. The number of hydrogen-bond donors (Lipinski definition) is 3. The second-order valence-electron chi connectivity index (χ2n) is 7.93. The average Bonchev–Trinajstić information content (AvgIpc) is 3.55. The topological polar surface area (TPSA) is 105 Å². The molecule has 144 valence electrons. The Morgan fingerprint density at radius 3 is 2.48 bits per heavy atom. The van der Waals surface area contributed by atoms with Crippen LogP contribution < -0.4 is 10.6 Å². The first kappa shape index (κ1) is 17.8. The zero-order valence-electron chi connectivity index (χ0n) is 15.7. The lowest BCUT2D eigenvalue weighted by molar-refractivity contribution is -0.119. The van der Waals surface area contributed by atoms with Gasteiger partial charge in [-0.3, -0.25) is 19.4 Å². The maximum Gasteiger partial charge on any atom is 0.270 e.